The zero-order valence-electron chi connectivity index (χ0n) is 15.7. The van der Waals surface area contributed by atoms with E-state index < -0.39 is 0 Å². The van der Waals surface area contributed by atoms with Crippen molar-refractivity contribution in [1.82, 2.24) is 10.3 Å². The number of aromatic nitrogens is 1. The summed E-state index contributed by atoms with van der Waals surface area (Å²) in [6.07, 6.45) is 1.92. The summed E-state index contributed by atoms with van der Waals surface area (Å²) < 4.78 is 16.3. The molecule has 1 aliphatic heterocycles. The number of methoxy groups -OCH3 is 1. The van der Waals surface area contributed by atoms with Gasteiger partial charge in [0.05, 0.1) is 6.61 Å². The molecule has 1 atom stereocenters. The van der Waals surface area contributed by atoms with Gasteiger partial charge in [-0.25, -0.2) is 4.98 Å². The Balaban J connectivity index is 1.55. The zero-order valence-corrected chi connectivity index (χ0v) is 15.7. The minimum atomic E-state index is 0.204. The Morgan fingerprint density at radius 2 is 2.00 bits per heavy atom. The van der Waals surface area contributed by atoms with Crippen LogP contribution in [-0.2, 0) is 11.3 Å². The first kappa shape index (κ1) is 18.5. The molecule has 2 aromatic rings. The Morgan fingerprint density at radius 1 is 1.19 bits per heavy atom. The monoisotopic (exact) mass is 357 g/mol. The highest BCUT2D eigenvalue weighted by molar-refractivity contribution is 5.44. The molecule has 140 valence electrons. The Labute approximate surface area is 155 Å². The normalized spacial score (nSPS) is 14.1. The van der Waals surface area contributed by atoms with Crippen molar-refractivity contribution in [2.45, 2.75) is 19.5 Å². The SMILES string of the molecule is COCCN(C)c1ccc(CN[C@@H](C)c2ccc3c(c2)OCCO3)cn1. The lowest BCUT2D eigenvalue weighted by molar-refractivity contribution is 0.171. The van der Waals surface area contributed by atoms with Gasteiger partial charge in [0, 0.05) is 39.5 Å². The van der Waals surface area contributed by atoms with Gasteiger partial charge in [0.2, 0.25) is 0 Å². The van der Waals surface area contributed by atoms with Crippen LogP contribution in [0.25, 0.3) is 0 Å². The number of nitrogens with one attached hydrogen (secondary N) is 1. The molecule has 6 heteroatoms. The largest absolute Gasteiger partial charge is 0.486 e. The summed E-state index contributed by atoms with van der Waals surface area (Å²) in [5.41, 5.74) is 2.33. The number of fused-ring (bicyclic) bond motifs is 1. The summed E-state index contributed by atoms with van der Waals surface area (Å²) >= 11 is 0. The molecule has 0 saturated heterocycles. The molecule has 1 N–H and O–H groups in total. The maximum Gasteiger partial charge on any atom is 0.161 e. The highest BCUT2D eigenvalue weighted by Crippen LogP contribution is 2.32. The van der Waals surface area contributed by atoms with E-state index in [2.05, 4.69) is 40.3 Å². The third kappa shape index (κ3) is 4.65. The van der Waals surface area contributed by atoms with E-state index in [0.29, 0.717) is 19.8 Å². The average Bonchev–Trinajstić information content (AvgIpc) is 2.70. The number of anilines is 1. The molecule has 1 aliphatic rings. The summed E-state index contributed by atoms with van der Waals surface area (Å²) in [6.45, 7) is 5.63. The van der Waals surface area contributed by atoms with E-state index in [-0.39, 0.29) is 6.04 Å². The number of benzene rings is 1. The van der Waals surface area contributed by atoms with Crippen LogP contribution < -0.4 is 19.7 Å². The first-order valence-electron chi connectivity index (χ1n) is 8.95. The van der Waals surface area contributed by atoms with E-state index in [1.54, 1.807) is 7.11 Å². The third-order valence-electron chi connectivity index (χ3n) is 4.51. The Kier molecular flexibility index (Phi) is 6.30. The van der Waals surface area contributed by atoms with E-state index in [1.165, 1.54) is 5.56 Å². The molecular formula is C20H27N3O3. The van der Waals surface area contributed by atoms with E-state index in [4.69, 9.17) is 14.2 Å². The Bertz CT molecular complexity index is 706. The molecule has 1 aromatic heterocycles. The molecule has 0 saturated carbocycles. The molecule has 0 spiro atoms. The number of hydrogen-bond acceptors (Lipinski definition) is 6. The number of rotatable bonds is 8. The van der Waals surface area contributed by atoms with E-state index in [0.717, 1.165) is 36.0 Å². The van der Waals surface area contributed by atoms with Crippen LogP contribution >= 0.6 is 0 Å². The molecule has 0 fully saturated rings. The summed E-state index contributed by atoms with van der Waals surface area (Å²) in [7, 11) is 3.72. The maximum absolute atomic E-state index is 5.66. The molecule has 0 radical (unpaired) electrons. The van der Waals surface area contributed by atoms with Gasteiger partial charge in [-0.05, 0) is 36.2 Å². The fourth-order valence-corrected chi connectivity index (χ4v) is 2.81. The fraction of sp³-hybridized carbons (Fsp3) is 0.450. The highest BCUT2D eigenvalue weighted by atomic mass is 16.6. The van der Waals surface area contributed by atoms with Crippen molar-refractivity contribution < 1.29 is 14.2 Å². The molecule has 1 aromatic carbocycles. The second-order valence-electron chi connectivity index (χ2n) is 6.44. The van der Waals surface area contributed by atoms with Crippen molar-refractivity contribution in [3.8, 4) is 11.5 Å². The van der Waals surface area contributed by atoms with E-state index in [9.17, 15) is 0 Å². The minimum absolute atomic E-state index is 0.204. The van der Waals surface area contributed by atoms with Crippen LogP contribution in [0.15, 0.2) is 36.5 Å². The Hall–Kier alpha value is -2.31. The number of hydrogen-bond donors (Lipinski definition) is 1. The van der Waals surface area contributed by atoms with Crippen LogP contribution in [0.5, 0.6) is 11.5 Å². The average molecular weight is 357 g/mol. The molecule has 6 nitrogen and oxygen atoms in total. The number of likely N-dealkylation sites (N-methyl/N-ethyl adjacent to an activating group) is 1. The van der Waals surface area contributed by atoms with Gasteiger partial charge in [0.1, 0.15) is 19.0 Å². The second-order valence-corrected chi connectivity index (χ2v) is 6.44. The maximum atomic E-state index is 5.66. The van der Waals surface area contributed by atoms with Crippen LogP contribution in [0.2, 0.25) is 0 Å². The van der Waals surface area contributed by atoms with Gasteiger partial charge >= 0.3 is 0 Å². The van der Waals surface area contributed by atoms with Crippen molar-refractivity contribution >= 4 is 5.82 Å². The van der Waals surface area contributed by atoms with Crippen molar-refractivity contribution in [1.29, 1.82) is 0 Å². The fourth-order valence-electron chi connectivity index (χ4n) is 2.81. The van der Waals surface area contributed by atoms with Crippen LogP contribution in [-0.4, -0.2) is 45.5 Å². The van der Waals surface area contributed by atoms with Gasteiger partial charge in [0.15, 0.2) is 11.5 Å². The van der Waals surface area contributed by atoms with Crippen molar-refractivity contribution in [2.75, 3.05) is 45.4 Å². The number of ether oxygens (including phenoxy) is 3. The third-order valence-corrected chi connectivity index (χ3v) is 4.51. The van der Waals surface area contributed by atoms with Crippen LogP contribution in [0.3, 0.4) is 0 Å². The molecule has 0 unspecified atom stereocenters. The highest BCUT2D eigenvalue weighted by Gasteiger charge is 2.14. The number of nitrogens with zero attached hydrogens (tertiary/aromatic N) is 2. The first-order chi connectivity index (χ1) is 12.7. The lowest BCUT2D eigenvalue weighted by Gasteiger charge is -2.21. The predicted octanol–water partition coefficient (Wildman–Crippen LogP) is 2.79. The molecule has 0 bridgehead atoms. The zero-order chi connectivity index (χ0) is 18.4. The van der Waals surface area contributed by atoms with Gasteiger partial charge in [0.25, 0.3) is 0 Å². The lowest BCUT2D eigenvalue weighted by atomic mass is 10.1. The van der Waals surface area contributed by atoms with Gasteiger partial charge < -0.3 is 24.4 Å². The smallest absolute Gasteiger partial charge is 0.161 e. The quantitative estimate of drug-likeness (QED) is 0.784. The molecule has 26 heavy (non-hydrogen) atoms. The van der Waals surface area contributed by atoms with Gasteiger partial charge in [-0.15, -0.1) is 0 Å². The van der Waals surface area contributed by atoms with Crippen LogP contribution in [0.1, 0.15) is 24.1 Å². The van der Waals surface area contributed by atoms with E-state index in [1.807, 2.05) is 25.4 Å². The van der Waals surface area contributed by atoms with Gasteiger partial charge in [-0.3, -0.25) is 0 Å². The van der Waals surface area contributed by atoms with Gasteiger partial charge in [-0.1, -0.05) is 12.1 Å². The van der Waals surface area contributed by atoms with Crippen molar-refractivity contribution in [3.63, 3.8) is 0 Å². The summed E-state index contributed by atoms with van der Waals surface area (Å²) in [4.78, 5) is 6.62. The van der Waals surface area contributed by atoms with Crippen LogP contribution in [0, 0.1) is 0 Å². The minimum Gasteiger partial charge on any atom is -0.486 e. The van der Waals surface area contributed by atoms with Crippen molar-refractivity contribution in [3.05, 3.63) is 47.7 Å². The van der Waals surface area contributed by atoms with Crippen LogP contribution in [0.4, 0.5) is 5.82 Å². The summed E-state index contributed by atoms with van der Waals surface area (Å²) in [5.74, 6) is 2.60. The second kappa shape index (κ2) is 8.87. The molecule has 2 heterocycles. The molecule has 0 amide bonds. The Morgan fingerprint density at radius 3 is 2.73 bits per heavy atom. The number of pyridine rings is 1. The van der Waals surface area contributed by atoms with Crippen molar-refractivity contribution in [2.24, 2.45) is 0 Å². The topological polar surface area (TPSA) is 55.9 Å². The first-order valence-corrected chi connectivity index (χ1v) is 8.95. The predicted molar refractivity (Wildman–Crippen MR) is 102 cm³/mol. The van der Waals surface area contributed by atoms with E-state index >= 15 is 0 Å². The summed E-state index contributed by atoms with van der Waals surface area (Å²) in [5, 5.41) is 3.54. The lowest BCUT2D eigenvalue weighted by Crippen LogP contribution is -2.23. The molecular weight excluding hydrogens is 330 g/mol. The standard InChI is InChI=1S/C20H27N3O3/c1-15(17-5-6-18-19(12-17)26-11-10-25-18)21-13-16-4-7-20(22-14-16)23(2)8-9-24-3/h4-7,12,14-15,21H,8-11,13H2,1-3H3/t15-/m0/s1. The summed E-state index contributed by atoms with van der Waals surface area (Å²) in [6, 6.07) is 10.5. The van der Waals surface area contributed by atoms with Gasteiger partial charge in [-0.2, -0.15) is 0 Å². The molecule has 0 aliphatic carbocycles. The molecule has 3 rings (SSSR count).